The van der Waals surface area contributed by atoms with Gasteiger partial charge in [0, 0.05) is 7.05 Å². The predicted molar refractivity (Wildman–Crippen MR) is 86.5 cm³/mol. The number of likely N-dealkylation sites (N-methyl/N-ethyl adjacent to an activating group) is 1. The first-order valence-electron chi connectivity index (χ1n) is 8.42. The Bertz CT molecular complexity index is 490. The van der Waals surface area contributed by atoms with Crippen LogP contribution in [0.4, 0.5) is 4.79 Å². The third kappa shape index (κ3) is 3.12. The molecule has 7 nitrogen and oxygen atoms in total. The summed E-state index contributed by atoms with van der Waals surface area (Å²) >= 11 is 0. The maximum Gasteiger partial charge on any atom is 0.327 e. The summed E-state index contributed by atoms with van der Waals surface area (Å²) in [6.07, 6.45) is 5.56. The van der Waals surface area contributed by atoms with Crippen LogP contribution in [-0.2, 0) is 9.59 Å². The van der Waals surface area contributed by atoms with Gasteiger partial charge >= 0.3 is 6.03 Å². The number of Topliss-reactive ketones (excluding diaryl/α,β-unsaturated/α-hetero) is 1. The number of carbonyl (C=O) groups excluding carboxylic acids is 3. The van der Waals surface area contributed by atoms with Crippen molar-refractivity contribution in [3.05, 3.63) is 0 Å². The highest BCUT2D eigenvalue weighted by atomic mass is 16.2. The Morgan fingerprint density at radius 1 is 1.30 bits per heavy atom. The molecule has 1 heterocycles. The van der Waals surface area contributed by atoms with E-state index in [4.69, 9.17) is 11.5 Å². The summed E-state index contributed by atoms with van der Waals surface area (Å²) < 4.78 is 0. The van der Waals surface area contributed by atoms with Gasteiger partial charge in [-0.2, -0.15) is 0 Å². The van der Waals surface area contributed by atoms with Crippen LogP contribution in [0.1, 0.15) is 45.4 Å². The zero-order valence-corrected chi connectivity index (χ0v) is 14.1. The molecular formula is C16H28N4O3. The Labute approximate surface area is 137 Å². The standard InChI is InChI=1S/C16H28N4O3/c1-16(11-6-4-3-5-7-11)14(22)20(15(23)19(16)2)10-13(21)12(18)8-9-17/h11-12H,3-10,17-18H2,1-2H3. The molecule has 23 heavy (non-hydrogen) atoms. The molecule has 1 saturated heterocycles. The summed E-state index contributed by atoms with van der Waals surface area (Å²) in [5.41, 5.74) is 10.3. The van der Waals surface area contributed by atoms with Crippen LogP contribution in [0.5, 0.6) is 0 Å². The number of nitrogens with two attached hydrogens (primary N) is 2. The van der Waals surface area contributed by atoms with Gasteiger partial charge in [0.1, 0.15) is 5.54 Å². The van der Waals surface area contributed by atoms with Gasteiger partial charge in [0.2, 0.25) is 0 Å². The minimum Gasteiger partial charge on any atom is -0.330 e. The topological polar surface area (TPSA) is 110 Å². The molecule has 0 bridgehead atoms. The van der Waals surface area contributed by atoms with Crippen LogP contribution in [0.2, 0.25) is 0 Å². The van der Waals surface area contributed by atoms with E-state index in [9.17, 15) is 14.4 Å². The first-order chi connectivity index (χ1) is 10.8. The Kier molecular flexibility index (Phi) is 5.41. The minimum atomic E-state index is -0.851. The van der Waals surface area contributed by atoms with Gasteiger partial charge in [0.05, 0.1) is 12.6 Å². The second-order valence-electron chi connectivity index (χ2n) is 6.87. The largest absolute Gasteiger partial charge is 0.330 e. The van der Waals surface area contributed by atoms with Crippen LogP contribution < -0.4 is 11.5 Å². The average Bonchev–Trinajstić information content (AvgIpc) is 2.72. The van der Waals surface area contributed by atoms with Crippen LogP contribution in [0.25, 0.3) is 0 Å². The van der Waals surface area contributed by atoms with Gasteiger partial charge in [-0.3, -0.25) is 14.5 Å². The van der Waals surface area contributed by atoms with Crippen molar-refractivity contribution in [3.8, 4) is 0 Å². The number of amides is 3. The molecule has 0 aromatic heterocycles. The molecule has 0 aromatic rings. The SMILES string of the molecule is CN1C(=O)N(CC(=O)C(N)CCN)C(=O)C1(C)C1CCCCC1. The minimum absolute atomic E-state index is 0.149. The quantitative estimate of drug-likeness (QED) is 0.690. The van der Waals surface area contributed by atoms with Gasteiger partial charge < -0.3 is 16.4 Å². The molecule has 2 aliphatic rings. The third-order valence-electron chi connectivity index (χ3n) is 5.50. The Hall–Kier alpha value is -1.47. The normalized spacial score (nSPS) is 27.7. The van der Waals surface area contributed by atoms with Crippen molar-refractivity contribution in [1.29, 1.82) is 0 Å². The molecule has 2 atom stereocenters. The summed E-state index contributed by atoms with van der Waals surface area (Å²) in [7, 11) is 1.65. The summed E-state index contributed by atoms with van der Waals surface area (Å²) in [5.74, 6) is -0.445. The Balaban J connectivity index is 2.15. The van der Waals surface area contributed by atoms with E-state index in [1.54, 1.807) is 7.05 Å². The van der Waals surface area contributed by atoms with Crippen molar-refractivity contribution < 1.29 is 14.4 Å². The van der Waals surface area contributed by atoms with Crippen LogP contribution in [0.15, 0.2) is 0 Å². The lowest BCUT2D eigenvalue weighted by Gasteiger charge is -2.38. The maximum absolute atomic E-state index is 12.9. The highest BCUT2D eigenvalue weighted by Gasteiger charge is 2.56. The second kappa shape index (κ2) is 6.97. The molecule has 130 valence electrons. The summed E-state index contributed by atoms with van der Waals surface area (Å²) in [5, 5.41) is 0. The first kappa shape index (κ1) is 17.9. The lowest BCUT2D eigenvalue weighted by Crippen LogP contribution is -2.52. The van der Waals surface area contributed by atoms with E-state index in [-0.39, 0.29) is 24.2 Å². The molecule has 2 unspecified atom stereocenters. The van der Waals surface area contributed by atoms with Crippen molar-refractivity contribution in [2.75, 3.05) is 20.1 Å². The highest BCUT2D eigenvalue weighted by Crippen LogP contribution is 2.40. The molecule has 1 aliphatic carbocycles. The third-order valence-corrected chi connectivity index (χ3v) is 5.50. The molecule has 1 aliphatic heterocycles. The molecule has 0 spiro atoms. The fraction of sp³-hybridized carbons (Fsp3) is 0.812. The van der Waals surface area contributed by atoms with Crippen LogP contribution >= 0.6 is 0 Å². The molecule has 4 N–H and O–H groups in total. The van der Waals surface area contributed by atoms with Crippen molar-refractivity contribution in [2.24, 2.45) is 17.4 Å². The number of hydrogen-bond acceptors (Lipinski definition) is 5. The smallest absolute Gasteiger partial charge is 0.327 e. The number of nitrogens with zero attached hydrogens (tertiary/aromatic N) is 2. The van der Waals surface area contributed by atoms with E-state index in [0.29, 0.717) is 13.0 Å². The van der Waals surface area contributed by atoms with E-state index >= 15 is 0 Å². The van der Waals surface area contributed by atoms with Crippen LogP contribution in [0, 0.1) is 5.92 Å². The number of urea groups is 1. The molecule has 2 rings (SSSR count). The van der Waals surface area contributed by atoms with Crippen molar-refractivity contribution in [1.82, 2.24) is 9.80 Å². The molecule has 0 radical (unpaired) electrons. The van der Waals surface area contributed by atoms with Gasteiger partial charge in [-0.15, -0.1) is 0 Å². The van der Waals surface area contributed by atoms with Crippen molar-refractivity contribution >= 4 is 17.7 Å². The van der Waals surface area contributed by atoms with Gasteiger partial charge in [-0.05, 0) is 38.6 Å². The zero-order valence-electron chi connectivity index (χ0n) is 14.1. The van der Waals surface area contributed by atoms with Gasteiger partial charge in [0.15, 0.2) is 5.78 Å². The molecule has 0 aromatic carbocycles. The molecule has 3 amide bonds. The lowest BCUT2D eigenvalue weighted by atomic mass is 9.75. The summed E-state index contributed by atoms with van der Waals surface area (Å²) in [4.78, 5) is 40.1. The number of imide groups is 1. The first-order valence-corrected chi connectivity index (χ1v) is 8.42. The van der Waals surface area contributed by atoms with E-state index in [2.05, 4.69) is 0 Å². The molecule has 1 saturated carbocycles. The van der Waals surface area contributed by atoms with E-state index < -0.39 is 17.6 Å². The maximum atomic E-state index is 12.9. The Morgan fingerprint density at radius 2 is 1.91 bits per heavy atom. The molecule has 2 fully saturated rings. The average molecular weight is 324 g/mol. The lowest BCUT2D eigenvalue weighted by molar-refractivity contribution is -0.137. The predicted octanol–water partition coefficient (Wildman–Crippen LogP) is 0.465. The summed E-state index contributed by atoms with van der Waals surface area (Å²) in [6, 6.07) is -1.14. The number of carbonyl (C=O) groups is 3. The van der Waals surface area contributed by atoms with Crippen molar-refractivity contribution in [2.45, 2.75) is 57.0 Å². The fourth-order valence-corrected chi connectivity index (χ4v) is 3.75. The fourth-order valence-electron chi connectivity index (χ4n) is 3.75. The monoisotopic (exact) mass is 324 g/mol. The van der Waals surface area contributed by atoms with Gasteiger partial charge in [0.25, 0.3) is 5.91 Å². The highest BCUT2D eigenvalue weighted by molar-refractivity contribution is 6.09. The van der Waals surface area contributed by atoms with E-state index in [1.165, 1.54) is 11.3 Å². The van der Waals surface area contributed by atoms with Gasteiger partial charge in [-0.1, -0.05) is 19.3 Å². The molecular weight excluding hydrogens is 296 g/mol. The van der Waals surface area contributed by atoms with E-state index in [1.807, 2.05) is 6.92 Å². The Morgan fingerprint density at radius 3 is 2.48 bits per heavy atom. The van der Waals surface area contributed by atoms with Crippen molar-refractivity contribution in [3.63, 3.8) is 0 Å². The summed E-state index contributed by atoms with van der Waals surface area (Å²) in [6.45, 7) is 1.87. The second-order valence-corrected chi connectivity index (χ2v) is 6.87. The van der Waals surface area contributed by atoms with Gasteiger partial charge in [-0.25, -0.2) is 4.79 Å². The van der Waals surface area contributed by atoms with E-state index in [0.717, 1.165) is 30.6 Å². The zero-order chi connectivity index (χ0) is 17.2. The number of rotatable bonds is 6. The van der Waals surface area contributed by atoms with Crippen LogP contribution in [-0.4, -0.2) is 59.2 Å². The van der Waals surface area contributed by atoms with Crippen LogP contribution in [0.3, 0.4) is 0 Å². The number of ketones is 1. The molecule has 7 heteroatoms. The number of hydrogen-bond donors (Lipinski definition) is 2.